The Balaban J connectivity index is 1.94. The molecule has 0 saturated carbocycles. The molecule has 1 unspecified atom stereocenters. The lowest BCUT2D eigenvalue weighted by Gasteiger charge is -2.32. The van der Waals surface area contributed by atoms with Gasteiger partial charge in [0.2, 0.25) is 17.7 Å². The van der Waals surface area contributed by atoms with Gasteiger partial charge in [0.25, 0.3) is 0 Å². The maximum Gasteiger partial charge on any atom is 0.248 e. The average molecular weight is 495 g/mol. The number of aromatic nitrogens is 1. The lowest BCUT2D eigenvalue weighted by molar-refractivity contribution is -0.127. The van der Waals surface area contributed by atoms with Crippen LogP contribution in [0.15, 0.2) is 60.1 Å². The Hall–Kier alpha value is -3.72. The highest BCUT2D eigenvalue weighted by Crippen LogP contribution is 2.30. The Morgan fingerprint density at radius 3 is 2.29 bits per heavy atom. The smallest absolute Gasteiger partial charge is 0.248 e. The highest BCUT2D eigenvalue weighted by molar-refractivity contribution is 7.13. The number of rotatable bonds is 10. The van der Waals surface area contributed by atoms with Crippen LogP contribution >= 0.6 is 11.3 Å². The molecule has 1 atom stereocenters. The van der Waals surface area contributed by atoms with E-state index in [-0.39, 0.29) is 36.6 Å². The second-order valence-electron chi connectivity index (χ2n) is 8.32. The molecule has 35 heavy (non-hydrogen) atoms. The van der Waals surface area contributed by atoms with E-state index in [1.54, 1.807) is 43.0 Å². The summed E-state index contributed by atoms with van der Waals surface area (Å²) in [5.74, 6) is -0.331. The summed E-state index contributed by atoms with van der Waals surface area (Å²) in [4.78, 5) is 44.9. The number of amides is 3. The number of hydrogen-bond acceptors (Lipinski definition) is 6. The standard InChI is InChI=1S/C26H30N4O4S/c1-17(2)28-25(33)24(19-7-11-21(34-4)12-8-19)30(20-9-5-18(3)6-10-20)23(32)14-13-22(31)29-26-27-15-16-35-26/h5-12,15-17,24H,13-14H2,1-4H3,(H,28,33)(H,27,29,31). The van der Waals surface area contributed by atoms with Gasteiger partial charge in [-0.2, -0.15) is 0 Å². The van der Waals surface area contributed by atoms with Gasteiger partial charge in [-0.1, -0.05) is 29.8 Å². The number of carbonyl (C=O) groups excluding carboxylic acids is 3. The molecule has 1 heterocycles. The summed E-state index contributed by atoms with van der Waals surface area (Å²) in [7, 11) is 1.57. The van der Waals surface area contributed by atoms with Crippen molar-refractivity contribution in [1.82, 2.24) is 10.3 Å². The zero-order chi connectivity index (χ0) is 25.4. The Labute approximate surface area is 209 Å². The molecule has 3 aromatic rings. The molecule has 0 fully saturated rings. The first-order valence-corrected chi connectivity index (χ1v) is 12.2. The third-order valence-electron chi connectivity index (χ3n) is 5.19. The summed E-state index contributed by atoms with van der Waals surface area (Å²) in [5.41, 5.74) is 2.22. The van der Waals surface area contributed by atoms with Crippen molar-refractivity contribution < 1.29 is 19.1 Å². The van der Waals surface area contributed by atoms with Crippen molar-refractivity contribution in [3.8, 4) is 5.75 Å². The molecule has 3 rings (SSSR count). The van der Waals surface area contributed by atoms with Crippen LogP contribution in [-0.2, 0) is 14.4 Å². The number of benzene rings is 2. The van der Waals surface area contributed by atoms with Crippen molar-refractivity contribution in [1.29, 1.82) is 0 Å². The third-order valence-corrected chi connectivity index (χ3v) is 5.88. The number of anilines is 2. The topological polar surface area (TPSA) is 101 Å². The molecule has 0 aliphatic carbocycles. The van der Waals surface area contributed by atoms with Crippen LogP contribution in [0.2, 0.25) is 0 Å². The van der Waals surface area contributed by atoms with Crippen LogP contribution in [0.25, 0.3) is 0 Å². The lowest BCUT2D eigenvalue weighted by atomic mass is 10.0. The van der Waals surface area contributed by atoms with Gasteiger partial charge in [0.05, 0.1) is 7.11 Å². The molecule has 0 radical (unpaired) electrons. The Kier molecular flexibility index (Phi) is 8.97. The van der Waals surface area contributed by atoms with Gasteiger partial charge in [-0.15, -0.1) is 11.3 Å². The van der Waals surface area contributed by atoms with Gasteiger partial charge in [0.1, 0.15) is 11.8 Å². The van der Waals surface area contributed by atoms with E-state index in [0.717, 1.165) is 5.56 Å². The molecule has 2 aromatic carbocycles. The summed E-state index contributed by atoms with van der Waals surface area (Å²) in [6.07, 6.45) is 1.48. The van der Waals surface area contributed by atoms with Gasteiger partial charge in [0.15, 0.2) is 5.13 Å². The number of aryl methyl sites for hydroxylation is 1. The first kappa shape index (κ1) is 25.9. The van der Waals surface area contributed by atoms with Gasteiger partial charge in [-0.05, 0) is 50.6 Å². The summed E-state index contributed by atoms with van der Waals surface area (Å²) < 4.78 is 5.26. The molecule has 0 spiro atoms. The minimum atomic E-state index is -0.930. The molecular formula is C26H30N4O4S. The average Bonchev–Trinajstić information content (AvgIpc) is 3.34. The lowest BCUT2D eigenvalue weighted by Crippen LogP contribution is -2.46. The fraction of sp³-hybridized carbons (Fsp3) is 0.308. The van der Waals surface area contributed by atoms with Crippen LogP contribution in [0, 0.1) is 6.92 Å². The highest BCUT2D eigenvalue weighted by atomic mass is 32.1. The Bertz CT molecular complexity index is 1130. The van der Waals surface area contributed by atoms with Crippen LogP contribution in [0.4, 0.5) is 10.8 Å². The quantitative estimate of drug-likeness (QED) is 0.433. The van der Waals surface area contributed by atoms with Crippen molar-refractivity contribution in [2.24, 2.45) is 0 Å². The molecule has 0 bridgehead atoms. The second-order valence-corrected chi connectivity index (χ2v) is 9.22. The molecule has 184 valence electrons. The van der Waals surface area contributed by atoms with Crippen molar-refractivity contribution >= 4 is 39.9 Å². The molecule has 9 heteroatoms. The molecule has 0 aliphatic heterocycles. The van der Waals surface area contributed by atoms with Crippen LogP contribution in [0.5, 0.6) is 5.75 Å². The van der Waals surface area contributed by atoms with Gasteiger partial charge >= 0.3 is 0 Å². The normalized spacial score (nSPS) is 11.6. The monoisotopic (exact) mass is 494 g/mol. The van der Waals surface area contributed by atoms with Crippen LogP contribution in [0.3, 0.4) is 0 Å². The number of nitrogens with one attached hydrogen (secondary N) is 2. The zero-order valence-corrected chi connectivity index (χ0v) is 21.1. The van der Waals surface area contributed by atoms with E-state index in [4.69, 9.17) is 4.74 Å². The SMILES string of the molecule is COc1ccc(C(C(=O)NC(C)C)N(C(=O)CCC(=O)Nc2nccs2)c2ccc(C)cc2)cc1. The molecule has 0 aliphatic rings. The fourth-order valence-electron chi connectivity index (χ4n) is 3.52. The Morgan fingerprint density at radius 2 is 1.71 bits per heavy atom. The first-order chi connectivity index (χ1) is 16.8. The fourth-order valence-corrected chi connectivity index (χ4v) is 4.06. The molecule has 8 nitrogen and oxygen atoms in total. The number of thiazole rings is 1. The van der Waals surface area contributed by atoms with E-state index < -0.39 is 6.04 Å². The number of hydrogen-bond donors (Lipinski definition) is 2. The molecule has 3 amide bonds. The highest BCUT2D eigenvalue weighted by Gasteiger charge is 2.33. The van der Waals surface area contributed by atoms with E-state index in [2.05, 4.69) is 15.6 Å². The van der Waals surface area contributed by atoms with Gasteiger partial charge in [0, 0.05) is 36.1 Å². The maximum atomic E-state index is 13.6. The van der Waals surface area contributed by atoms with Crippen molar-refractivity contribution in [2.45, 2.75) is 45.7 Å². The summed E-state index contributed by atoms with van der Waals surface area (Å²) in [6.45, 7) is 5.68. The summed E-state index contributed by atoms with van der Waals surface area (Å²) in [5, 5.41) is 7.85. The van der Waals surface area contributed by atoms with Gasteiger partial charge < -0.3 is 15.4 Å². The van der Waals surface area contributed by atoms with E-state index in [0.29, 0.717) is 22.1 Å². The molecule has 0 saturated heterocycles. The number of ether oxygens (including phenoxy) is 1. The maximum absolute atomic E-state index is 13.6. The Morgan fingerprint density at radius 1 is 1.03 bits per heavy atom. The number of nitrogens with zero attached hydrogens (tertiary/aromatic N) is 2. The van der Waals surface area contributed by atoms with Crippen molar-refractivity contribution in [3.63, 3.8) is 0 Å². The van der Waals surface area contributed by atoms with Crippen molar-refractivity contribution in [3.05, 3.63) is 71.2 Å². The molecule has 2 N–H and O–H groups in total. The van der Waals surface area contributed by atoms with Crippen molar-refractivity contribution in [2.75, 3.05) is 17.3 Å². The van der Waals surface area contributed by atoms with E-state index >= 15 is 0 Å². The number of carbonyl (C=O) groups is 3. The summed E-state index contributed by atoms with van der Waals surface area (Å²) >= 11 is 1.30. The minimum Gasteiger partial charge on any atom is -0.497 e. The zero-order valence-electron chi connectivity index (χ0n) is 20.3. The second kappa shape index (κ2) is 12.1. The van der Waals surface area contributed by atoms with Gasteiger partial charge in [-0.25, -0.2) is 4.98 Å². The largest absolute Gasteiger partial charge is 0.497 e. The van der Waals surface area contributed by atoms with Crippen LogP contribution in [-0.4, -0.2) is 35.9 Å². The predicted octanol–water partition coefficient (Wildman–Crippen LogP) is 4.48. The molecular weight excluding hydrogens is 464 g/mol. The molecule has 1 aromatic heterocycles. The summed E-state index contributed by atoms with van der Waals surface area (Å²) in [6, 6.07) is 13.4. The van der Waals surface area contributed by atoms with E-state index in [1.807, 2.05) is 45.0 Å². The number of methoxy groups -OCH3 is 1. The minimum absolute atomic E-state index is 0.0398. The van der Waals surface area contributed by atoms with E-state index in [9.17, 15) is 14.4 Å². The third kappa shape index (κ3) is 7.13. The van der Waals surface area contributed by atoms with Crippen LogP contribution < -0.4 is 20.3 Å². The van der Waals surface area contributed by atoms with E-state index in [1.165, 1.54) is 16.2 Å². The van der Waals surface area contributed by atoms with Crippen LogP contribution in [0.1, 0.15) is 43.9 Å². The van der Waals surface area contributed by atoms with Gasteiger partial charge in [-0.3, -0.25) is 19.3 Å². The predicted molar refractivity (Wildman–Crippen MR) is 138 cm³/mol. The first-order valence-electron chi connectivity index (χ1n) is 11.3.